The average Bonchev–Trinajstić information content (AvgIpc) is 3.35. The quantitative estimate of drug-likeness (QED) is 0.115. The summed E-state index contributed by atoms with van der Waals surface area (Å²) in [5.41, 5.74) is -11.3. The molecule has 0 aliphatic rings. The van der Waals surface area contributed by atoms with Crippen molar-refractivity contribution in [3.05, 3.63) is 84.9 Å². The minimum Gasteiger partial charge on any atom is -0.741 e. The van der Waals surface area contributed by atoms with E-state index in [0.717, 1.165) is 0 Å². The second-order valence-electron chi connectivity index (χ2n) is 6.11. The first-order valence-electron chi connectivity index (χ1n) is 8.68. The fourth-order valence-electron chi connectivity index (χ4n) is 2.14. The number of alkyl halides is 6. The van der Waals surface area contributed by atoms with Crippen molar-refractivity contribution in [2.24, 2.45) is 0 Å². The monoisotopic (exact) mass is 618 g/mol. The Labute approximate surface area is 215 Å². The van der Waals surface area contributed by atoms with Crippen LogP contribution < -0.4 is 0 Å². The summed E-state index contributed by atoms with van der Waals surface area (Å²) in [6.45, 7) is 0. The molecular formula is C20H14F6O6S2Zr. The first-order valence-corrected chi connectivity index (χ1v) is 11.5. The molecule has 0 bridgehead atoms. The molecule has 6 nitrogen and oxygen atoms in total. The molecule has 0 aliphatic carbocycles. The van der Waals surface area contributed by atoms with Crippen molar-refractivity contribution in [2.75, 3.05) is 0 Å². The molecule has 4 aromatic carbocycles. The number of hydrogen-bond donors (Lipinski definition) is 0. The zero-order chi connectivity index (χ0) is 26.2. The molecular weight excluding hydrogens is 606 g/mol. The van der Waals surface area contributed by atoms with Crippen LogP contribution in [0.25, 0.3) is 21.5 Å². The van der Waals surface area contributed by atoms with E-state index < -0.39 is 31.3 Å². The smallest absolute Gasteiger partial charge is 0.741 e. The summed E-state index contributed by atoms with van der Waals surface area (Å²) in [4.78, 5) is 0. The molecule has 15 heteroatoms. The van der Waals surface area contributed by atoms with Crippen molar-refractivity contribution in [2.45, 2.75) is 11.0 Å². The molecule has 0 unspecified atom stereocenters. The van der Waals surface area contributed by atoms with Gasteiger partial charge in [-0.25, -0.2) is 16.8 Å². The third-order valence-corrected chi connectivity index (χ3v) is 4.80. The van der Waals surface area contributed by atoms with Gasteiger partial charge in [-0.1, -0.05) is 12.1 Å². The van der Waals surface area contributed by atoms with Gasteiger partial charge in [-0.15, -0.1) is 59.3 Å². The van der Waals surface area contributed by atoms with Crippen LogP contribution in [-0.2, 0) is 46.4 Å². The molecule has 0 aliphatic heterocycles. The summed E-state index contributed by atoms with van der Waals surface area (Å²) in [5, 5.41) is 5.32. The van der Waals surface area contributed by atoms with Gasteiger partial charge in [0.05, 0.1) is 0 Å². The minimum atomic E-state index is -6.09. The van der Waals surface area contributed by atoms with Crippen LogP contribution in [0.5, 0.6) is 0 Å². The number of fused-ring (bicyclic) bond motifs is 2. The largest absolute Gasteiger partial charge is 4.00 e. The van der Waals surface area contributed by atoms with Gasteiger partial charge in [0.15, 0.2) is 20.2 Å². The third-order valence-electron chi connectivity index (χ3n) is 3.66. The van der Waals surface area contributed by atoms with Crippen LogP contribution in [-0.4, -0.2) is 37.0 Å². The zero-order valence-corrected chi connectivity index (χ0v) is 21.2. The van der Waals surface area contributed by atoms with Gasteiger partial charge < -0.3 is 9.11 Å². The predicted octanol–water partition coefficient (Wildman–Crippen LogP) is 5.22. The minimum absolute atomic E-state index is 0. The standard InChI is InChI=1S/2C9H7.2CHF3O3S.Zr/c2*1-2-5-9-7-3-6-8(9)4-1;2*2-1(3,4)8(5,6)7;/h2*1-7H;2*(H,5,6,7);/q2*-1;;;+4/p-2. The van der Waals surface area contributed by atoms with E-state index in [0.29, 0.717) is 0 Å². The molecule has 0 saturated heterocycles. The van der Waals surface area contributed by atoms with E-state index in [1.807, 2.05) is 0 Å². The van der Waals surface area contributed by atoms with Crippen LogP contribution in [0.4, 0.5) is 26.3 Å². The number of rotatable bonds is 0. The van der Waals surface area contributed by atoms with Crippen LogP contribution in [0, 0.1) is 0 Å². The van der Waals surface area contributed by atoms with Crippen molar-refractivity contribution >= 4 is 41.8 Å². The van der Waals surface area contributed by atoms with E-state index in [4.69, 9.17) is 25.9 Å². The van der Waals surface area contributed by atoms with Crippen LogP contribution in [0.3, 0.4) is 0 Å². The second kappa shape index (κ2) is 13.3. The van der Waals surface area contributed by atoms with Gasteiger partial charge in [-0.3, -0.25) is 0 Å². The zero-order valence-electron chi connectivity index (χ0n) is 17.1. The van der Waals surface area contributed by atoms with Gasteiger partial charge in [0.2, 0.25) is 0 Å². The maximum atomic E-state index is 10.7. The fourth-order valence-corrected chi connectivity index (χ4v) is 2.14. The fraction of sp³-hybridized carbons (Fsp3) is 0.100. The molecule has 4 rings (SSSR count). The van der Waals surface area contributed by atoms with Gasteiger partial charge >= 0.3 is 37.2 Å². The molecule has 0 amide bonds. The summed E-state index contributed by atoms with van der Waals surface area (Å²) in [7, 11) is -12.2. The molecule has 0 atom stereocenters. The third kappa shape index (κ3) is 11.5. The maximum absolute atomic E-state index is 10.7. The molecule has 0 spiro atoms. The molecule has 0 aromatic heterocycles. The summed E-state index contributed by atoms with van der Waals surface area (Å²) in [6, 6.07) is 29.3. The first-order chi connectivity index (χ1) is 15.4. The van der Waals surface area contributed by atoms with Crippen LogP contribution >= 0.6 is 0 Å². The molecule has 188 valence electrons. The number of benzene rings is 2. The number of hydrogen-bond acceptors (Lipinski definition) is 6. The van der Waals surface area contributed by atoms with E-state index >= 15 is 0 Å². The van der Waals surface area contributed by atoms with E-state index in [1.54, 1.807) is 0 Å². The Morgan fingerprint density at radius 2 is 0.829 bits per heavy atom. The molecule has 0 N–H and O–H groups in total. The Kier molecular flexibility index (Phi) is 12.5. The van der Waals surface area contributed by atoms with Crippen LogP contribution in [0.1, 0.15) is 0 Å². The topological polar surface area (TPSA) is 114 Å². The molecule has 0 radical (unpaired) electrons. The maximum Gasteiger partial charge on any atom is 4.00 e. The summed E-state index contributed by atoms with van der Waals surface area (Å²) in [6.07, 6.45) is 0. The van der Waals surface area contributed by atoms with E-state index in [-0.39, 0.29) is 26.2 Å². The summed E-state index contributed by atoms with van der Waals surface area (Å²) in [5.74, 6) is 0. The summed E-state index contributed by atoms with van der Waals surface area (Å²) < 4.78 is 118. The van der Waals surface area contributed by atoms with Crippen molar-refractivity contribution < 1.29 is 78.5 Å². The molecule has 4 aromatic rings. The Balaban J connectivity index is 0.000000438. The molecule has 0 fully saturated rings. The Morgan fingerprint density at radius 1 is 0.571 bits per heavy atom. The van der Waals surface area contributed by atoms with Crippen molar-refractivity contribution in [3.8, 4) is 0 Å². The van der Waals surface area contributed by atoms with Gasteiger partial charge in [-0.05, 0) is 0 Å². The second-order valence-corrected chi connectivity index (χ2v) is 8.85. The van der Waals surface area contributed by atoms with Gasteiger partial charge in [0, 0.05) is 0 Å². The molecule has 0 heterocycles. The SMILES string of the molecule is O=S(=O)([O-])C(F)(F)F.O=S(=O)([O-])C(F)(F)F.[Zr+4].c1ccc2[cH-]ccc2c1.c1ccc2[cH-]ccc2c1. The van der Waals surface area contributed by atoms with E-state index in [2.05, 4.69) is 84.9 Å². The number of halogens is 6. The first kappa shape index (κ1) is 32.9. The van der Waals surface area contributed by atoms with Crippen molar-refractivity contribution in [3.63, 3.8) is 0 Å². The van der Waals surface area contributed by atoms with Gasteiger partial charge in [-0.2, -0.15) is 61.4 Å². The average molecular weight is 620 g/mol. The van der Waals surface area contributed by atoms with Gasteiger partial charge in [0.1, 0.15) is 0 Å². The Bertz CT molecular complexity index is 1220. The van der Waals surface area contributed by atoms with Crippen LogP contribution in [0.15, 0.2) is 84.9 Å². The van der Waals surface area contributed by atoms with Gasteiger partial charge in [0.25, 0.3) is 0 Å². The van der Waals surface area contributed by atoms with E-state index in [9.17, 15) is 26.3 Å². The van der Waals surface area contributed by atoms with Crippen LogP contribution in [0.2, 0.25) is 0 Å². The van der Waals surface area contributed by atoms with Crippen molar-refractivity contribution in [1.29, 1.82) is 0 Å². The Hall–Kier alpha value is -2.06. The normalized spacial score (nSPS) is 11.7. The Morgan fingerprint density at radius 3 is 1.06 bits per heavy atom. The van der Waals surface area contributed by atoms with E-state index in [1.165, 1.54) is 21.5 Å². The van der Waals surface area contributed by atoms with Crippen molar-refractivity contribution in [1.82, 2.24) is 0 Å². The molecule has 0 saturated carbocycles. The molecule has 35 heavy (non-hydrogen) atoms. The summed E-state index contributed by atoms with van der Waals surface area (Å²) >= 11 is 0. The predicted molar refractivity (Wildman–Crippen MR) is 111 cm³/mol.